The summed E-state index contributed by atoms with van der Waals surface area (Å²) in [5, 5.41) is 9.38. The number of nitriles is 1. The average Bonchev–Trinajstić information content (AvgIpc) is 2.23. The van der Waals surface area contributed by atoms with Crippen LogP contribution in [0.5, 0.6) is 0 Å². The number of rotatable bonds is 2. The van der Waals surface area contributed by atoms with E-state index in [0.29, 0.717) is 11.5 Å². The van der Waals surface area contributed by atoms with E-state index in [1.807, 2.05) is 12.1 Å². The van der Waals surface area contributed by atoms with Crippen molar-refractivity contribution >= 4 is 21.7 Å². The van der Waals surface area contributed by atoms with Gasteiger partial charge in [-0.25, -0.2) is 0 Å². The van der Waals surface area contributed by atoms with Crippen molar-refractivity contribution in [3.8, 4) is 6.07 Å². The zero-order valence-electron chi connectivity index (χ0n) is 9.96. The van der Waals surface area contributed by atoms with Crippen molar-refractivity contribution in [3.05, 3.63) is 33.8 Å². The second kappa shape index (κ2) is 4.27. The highest BCUT2D eigenvalue weighted by atomic mass is 79.9. The van der Waals surface area contributed by atoms with Crippen LogP contribution in [0.25, 0.3) is 0 Å². The Hall–Kier alpha value is -1.14. The molecule has 1 saturated carbocycles. The van der Waals surface area contributed by atoms with Gasteiger partial charge in [0.05, 0.1) is 11.5 Å². The summed E-state index contributed by atoms with van der Waals surface area (Å²) in [5.41, 5.74) is 1.26. The molecule has 0 spiro atoms. The Kier molecular flexibility index (Phi) is 3.09. The van der Waals surface area contributed by atoms with E-state index < -0.39 is 0 Å². The van der Waals surface area contributed by atoms with Gasteiger partial charge in [-0.05, 0) is 49.4 Å². The highest BCUT2D eigenvalue weighted by Gasteiger charge is 2.44. The summed E-state index contributed by atoms with van der Waals surface area (Å²) in [7, 11) is 0. The van der Waals surface area contributed by atoms with E-state index in [2.05, 4.69) is 28.9 Å². The first-order chi connectivity index (χ1) is 7.97. The number of hydrogen-bond acceptors (Lipinski definition) is 2. The van der Waals surface area contributed by atoms with E-state index in [4.69, 9.17) is 0 Å². The first kappa shape index (κ1) is 12.3. The number of nitrogens with zero attached hydrogens (tertiary/aromatic N) is 1. The van der Waals surface area contributed by atoms with Gasteiger partial charge in [0, 0.05) is 10.0 Å². The van der Waals surface area contributed by atoms with Crippen LogP contribution in [0.1, 0.15) is 42.6 Å². The van der Waals surface area contributed by atoms with Gasteiger partial charge in [-0.2, -0.15) is 5.26 Å². The van der Waals surface area contributed by atoms with Gasteiger partial charge in [0.2, 0.25) is 0 Å². The molecule has 0 saturated heterocycles. The Morgan fingerprint density at radius 1 is 1.47 bits per heavy atom. The molecule has 0 aliphatic heterocycles. The highest BCUT2D eigenvalue weighted by molar-refractivity contribution is 9.10. The standard InChI is InChI=1S/C14H14BrNO/c1-9-6-14(7-9,8-16)12-3-11(10(2)17)4-13(15)5-12/h3-5,9H,6-7H2,1-2H3. The summed E-state index contributed by atoms with van der Waals surface area (Å²) in [6, 6.07) is 8.05. The van der Waals surface area contributed by atoms with Gasteiger partial charge in [-0.3, -0.25) is 4.79 Å². The fourth-order valence-corrected chi connectivity index (χ4v) is 3.08. The molecule has 17 heavy (non-hydrogen) atoms. The molecule has 0 amide bonds. The lowest BCUT2D eigenvalue weighted by Gasteiger charge is -2.41. The largest absolute Gasteiger partial charge is 0.295 e. The molecule has 88 valence electrons. The number of ketones is 1. The molecule has 1 aromatic rings. The average molecular weight is 292 g/mol. The van der Waals surface area contributed by atoms with E-state index >= 15 is 0 Å². The van der Waals surface area contributed by atoms with Crippen molar-refractivity contribution in [3.63, 3.8) is 0 Å². The van der Waals surface area contributed by atoms with E-state index in [1.54, 1.807) is 13.0 Å². The zero-order chi connectivity index (χ0) is 12.6. The topological polar surface area (TPSA) is 40.9 Å². The smallest absolute Gasteiger partial charge is 0.159 e. The molecule has 0 unspecified atom stereocenters. The molecule has 0 atom stereocenters. The third kappa shape index (κ3) is 2.14. The molecule has 1 aliphatic carbocycles. The number of benzene rings is 1. The fraction of sp³-hybridized carbons (Fsp3) is 0.429. The lowest BCUT2D eigenvalue weighted by molar-refractivity contribution is 0.101. The lowest BCUT2D eigenvalue weighted by atomic mass is 9.60. The quantitative estimate of drug-likeness (QED) is 0.777. The van der Waals surface area contributed by atoms with Crippen LogP contribution >= 0.6 is 15.9 Å². The summed E-state index contributed by atoms with van der Waals surface area (Å²) in [5.74, 6) is 0.627. The number of halogens is 1. The van der Waals surface area contributed by atoms with Crippen molar-refractivity contribution in [1.82, 2.24) is 0 Å². The van der Waals surface area contributed by atoms with Gasteiger partial charge in [-0.15, -0.1) is 0 Å². The lowest BCUT2D eigenvalue weighted by Crippen LogP contribution is -2.38. The fourth-order valence-electron chi connectivity index (χ4n) is 2.59. The van der Waals surface area contributed by atoms with E-state index in [0.717, 1.165) is 22.9 Å². The summed E-state index contributed by atoms with van der Waals surface area (Å²) in [6.45, 7) is 3.70. The SMILES string of the molecule is CC(=O)c1cc(Br)cc(C2(C#N)CC(C)C2)c1. The van der Waals surface area contributed by atoms with Gasteiger partial charge in [-0.1, -0.05) is 22.9 Å². The molecule has 0 N–H and O–H groups in total. The molecule has 0 bridgehead atoms. The summed E-state index contributed by atoms with van der Waals surface area (Å²) in [6.07, 6.45) is 1.77. The molecule has 1 aliphatic rings. The number of carbonyl (C=O) groups excluding carboxylic acids is 1. The highest BCUT2D eigenvalue weighted by Crippen LogP contribution is 2.47. The number of carbonyl (C=O) groups is 1. The normalized spacial score (nSPS) is 27.1. The summed E-state index contributed by atoms with van der Waals surface area (Å²) < 4.78 is 0.870. The van der Waals surface area contributed by atoms with Crippen molar-refractivity contribution in [2.75, 3.05) is 0 Å². The molecule has 2 nitrogen and oxygen atoms in total. The van der Waals surface area contributed by atoms with Crippen molar-refractivity contribution in [2.24, 2.45) is 5.92 Å². The predicted molar refractivity (Wildman–Crippen MR) is 69.8 cm³/mol. The third-order valence-corrected chi connectivity index (χ3v) is 3.92. The first-order valence-electron chi connectivity index (χ1n) is 5.70. The Morgan fingerprint density at radius 2 is 2.12 bits per heavy atom. The van der Waals surface area contributed by atoms with Gasteiger partial charge in [0.15, 0.2) is 5.78 Å². The minimum absolute atomic E-state index is 0.0352. The van der Waals surface area contributed by atoms with Gasteiger partial charge in [0.1, 0.15) is 0 Å². The maximum absolute atomic E-state index is 11.4. The van der Waals surface area contributed by atoms with Crippen LogP contribution in [0.15, 0.2) is 22.7 Å². The minimum Gasteiger partial charge on any atom is -0.295 e. The monoisotopic (exact) mass is 291 g/mol. The molecule has 0 radical (unpaired) electrons. The molecule has 3 heteroatoms. The first-order valence-corrected chi connectivity index (χ1v) is 6.49. The maximum Gasteiger partial charge on any atom is 0.159 e. The number of hydrogen-bond donors (Lipinski definition) is 0. The molecular formula is C14H14BrNO. The second-order valence-corrected chi connectivity index (χ2v) is 5.91. The Labute approximate surface area is 110 Å². The molecule has 1 fully saturated rings. The van der Waals surface area contributed by atoms with E-state index in [-0.39, 0.29) is 11.2 Å². The van der Waals surface area contributed by atoms with Crippen LogP contribution in [0.3, 0.4) is 0 Å². The maximum atomic E-state index is 11.4. The molecule has 0 aromatic heterocycles. The van der Waals surface area contributed by atoms with Crippen LogP contribution in [-0.2, 0) is 5.41 Å². The summed E-state index contributed by atoms with van der Waals surface area (Å²) in [4.78, 5) is 11.4. The van der Waals surface area contributed by atoms with Crippen LogP contribution in [0.4, 0.5) is 0 Å². The van der Waals surface area contributed by atoms with Crippen molar-refractivity contribution in [2.45, 2.75) is 32.1 Å². The second-order valence-electron chi connectivity index (χ2n) is 4.99. The summed E-state index contributed by atoms with van der Waals surface area (Å²) >= 11 is 3.41. The van der Waals surface area contributed by atoms with Gasteiger partial charge >= 0.3 is 0 Å². The van der Waals surface area contributed by atoms with E-state index in [9.17, 15) is 10.1 Å². The Morgan fingerprint density at radius 3 is 2.59 bits per heavy atom. The predicted octanol–water partition coefficient (Wildman–Crippen LogP) is 3.84. The van der Waals surface area contributed by atoms with Crippen molar-refractivity contribution in [1.29, 1.82) is 5.26 Å². The van der Waals surface area contributed by atoms with Gasteiger partial charge < -0.3 is 0 Å². The van der Waals surface area contributed by atoms with E-state index in [1.165, 1.54) is 0 Å². The Bertz CT molecular complexity index is 509. The molecule has 0 heterocycles. The number of Topliss-reactive ketones (excluding diaryl/α,β-unsaturated/α-hetero) is 1. The van der Waals surface area contributed by atoms with Crippen LogP contribution in [-0.4, -0.2) is 5.78 Å². The van der Waals surface area contributed by atoms with Gasteiger partial charge in [0.25, 0.3) is 0 Å². The molecular weight excluding hydrogens is 278 g/mol. The molecule has 1 aromatic carbocycles. The Balaban J connectivity index is 2.46. The van der Waals surface area contributed by atoms with Crippen LogP contribution in [0.2, 0.25) is 0 Å². The van der Waals surface area contributed by atoms with Crippen molar-refractivity contribution < 1.29 is 4.79 Å². The molecule has 2 rings (SSSR count). The third-order valence-electron chi connectivity index (χ3n) is 3.46. The van der Waals surface area contributed by atoms with Crippen LogP contribution < -0.4 is 0 Å². The van der Waals surface area contributed by atoms with Crippen LogP contribution in [0, 0.1) is 17.2 Å². The zero-order valence-corrected chi connectivity index (χ0v) is 11.5. The minimum atomic E-state index is -0.382.